The number of carbonyl (C=O) groups is 1. The van der Waals surface area contributed by atoms with Gasteiger partial charge in [-0.05, 0) is 25.0 Å². The summed E-state index contributed by atoms with van der Waals surface area (Å²) in [5, 5.41) is 0. The van der Waals surface area contributed by atoms with Gasteiger partial charge in [-0.15, -0.1) is 0 Å². The minimum atomic E-state index is -0.126. The molecule has 0 saturated heterocycles. The zero-order valence-corrected chi connectivity index (χ0v) is 11.5. The monoisotopic (exact) mass is 263 g/mol. The van der Waals surface area contributed by atoms with Crippen LogP contribution >= 0.6 is 0 Å². The SMILES string of the molecule is COc1cccc(OC)c1C(=O)C1CCCCC1N. The largest absolute Gasteiger partial charge is 0.496 e. The molecule has 1 aromatic rings. The molecule has 104 valence electrons. The Morgan fingerprint density at radius 1 is 1.16 bits per heavy atom. The molecule has 2 rings (SSSR count). The van der Waals surface area contributed by atoms with Crippen LogP contribution in [0.15, 0.2) is 18.2 Å². The predicted molar refractivity (Wildman–Crippen MR) is 73.8 cm³/mol. The van der Waals surface area contributed by atoms with E-state index in [0.717, 1.165) is 25.7 Å². The lowest BCUT2D eigenvalue weighted by Crippen LogP contribution is -2.38. The molecule has 0 spiro atoms. The van der Waals surface area contributed by atoms with Crippen LogP contribution in [0.1, 0.15) is 36.0 Å². The number of rotatable bonds is 4. The summed E-state index contributed by atoms with van der Waals surface area (Å²) in [6.45, 7) is 0. The van der Waals surface area contributed by atoms with Crippen molar-refractivity contribution in [3.63, 3.8) is 0 Å². The Labute approximate surface area is 113 Å². The van der Waals surface area contributed by atoms with E-state index in [4.69, 9.17) is 15.2 Å². The molecule has 0 aliphatic heterocycles. The Bertz CT molecular complexity index is 436. The third-order valence-electron chi connectivity index (χ3n) is 3.83. The van der Waals surface area contributed by atoms with Crippen LogP contribution in [0, 0.1) is 5.92 Å². The van der Waals surface area contributed by atoms with Crippen molar-refractivity contribution in [2.45, 2.75) is 31.7 Å². The first-order chi connectivity index (χ1) is 9.19. The Hall–Kier alpha value is -1.55. The van der Waals surface area contributed by atoms with Gasteiger partial charge in [-0.25, -0.2) is 0 Å². The zero-order valence-electron chi connectivity index (χ0n) is 11.5. The first-order valence-corrected chi connectivity index (χ1v) is 6.69. The van der Waals surface area contributed by atoms with Crippen LogP contribution in [0.4, 0.5) is 0 Å². The number of hydrogen-bond acceptors (Lipinski definition) is 4. The maximum absolute atomic E-state index is 12.7. The fourth-order valence-corrected chi connectivity index (χ4v) is 2.76. The van der Waals surface area contributed by atoms with Crippen molar-refractivity contribution in [3.05, 3.63) is 23.8 Å². The van der Waals surface area contributed by atoms with Crippen LogP contribution < -0.4 is 15.2 Å². The van der Waals surface area contributed by atoms with Crippen LogP contribution in [-0.2, 0) is 0 Å². The highest BCUT2D eigenvalue weighted by atomic mass is 16.5. The molecular formula is C15H21NO3. The summed E-state index contributed by atoms with van der Waals surface area (Å²) in [5.74, 6) is 1.03. The normalized spacial score (nSPS) is 22.9. The lowest BCUT2D eigenvalue weighted by Gasteiger charge is -2.28. The van der Waals surface area contributed by atoms with Crippen molar-refractivity contribution in [1.29, 1.82) is 0 Å². The number of methoxy groups -OCH3 is 2. The molecule has 2 N–H and O–H groups in total. The molecule has 19 heavy (non-hydrogen) atoms. The van der Waals surface area contributed by atoms with E-state index in [0.29, 0.717) is 17.1 Å². The second-order valence-electron chi connectivity index (χ2n) is 4.96. The lowest BCUT2D eigenvalue weighted by molar-refractivity contribution is 0.0864. The van der Waals surface area contributed by atoms with E-state index in [1.807, 2.05) is 6.07 Å². The second kappa shape index (κ2) is 6.06. The minimum Gasteiger partial charge on any atom is -0.496 e. The summed E-state index contributed by atoms with van der Waals surface area (Å²) in [7, 11) is 3.12. The smallest absolute Gasteiger partial charge is 0.174 e. The van der Waals surface area contributed by atoms with Gasteiger partial charge in [0.05, 0.1) is 14.2 Å². The van der Waals surface area contributed by atoms with Crippen LogP contribution in [-0.4, -0.2) is 26.0 Å². The Morgan fingerprint density at radius 2 is 1.74 bits per heavy atom. The van der Waals surface area contributed by atoms with Crippen molar-refractivity contribution in [3.8, 4) is 11.5 Å². The molecule has 0 heterocycles. The molecule has 0 amide bonds. The second-order valence-corrected chi connectivity index (χ2v) is 4.96. The molecule has 4 heteroatoms. The van der Waals surface area contributed by atoms with Crippen LogP contribution in [0.25, 0.3) is 0 Å². The maximum atomic E-state index is 12.7. The Kier molecular flexibility index (Phi) is 4.43. The summed E-state index contributed by atoms with van der Waals surface area (Å²) in [6.07, 6.45) is 3.92. The van der Waals surface area contributed by atoms with E-state index >= 15 is 0 Å². The number of ether oxygens (including phenoxy) is 2. The fourth-order valence-electron chi connectivity index (χ4n) is 2.76. The standard InChI is InChI=1S/C15H21NO3/c1-18-12-8-5-9-13(19-2)14(12)15(17)10-6-3-4-7-11(10)16/h5,8-11H,3-4,6-7,16H2,1-2H3. The highest BCUT2D eigenvalue weighted by molar-refractivity contribution is 6.03. The molecule has 1 saturated carbocycles. The van der Waals surface area contributed by atoms with Gasteiger partial charge in [0, 0.05) is 12.0 Å². The average Bonchev–Trinajstić information content (AvgIpc) is 2.46. The van der Waals surface area contributed by atoms with Crippen LogP contribution in [0.2, 0.25) is 0 Å². The van der Waals surface area contributed by atoms with Gasteiger partial charge in [-0.3, -0.25) is 4.79 Å². The summed E-state index contributed by atoms with van der Waals surface area (Å²) in [6, 6.07) is 5.32. The summed E-state index contributed by atoms with van der Waals surface area (Å²) < 4.78 is 10.6. The first kappa shape index (κ1) is 13.9. The molecule has 0 bridgehead atoms. The molecule has 0 aromatic heterocycles. The molecule has 1 aliphatic carbocycles. The van der Waals surface area contributed by atoms with Crippen LogP contribution in [0.3, 0.4) is 0 Å². The molecular weight excluding hydrogens is 242 g/mol. The third-order valence-corrected chi connectivity index (χ3v) is 3.83. The summed E-state index contributed by atoms with van der Waals surface area (Å²) >= 11 is 0. The van der Waals surface area contributed by atoms with Gasteiger partial charge < -0.3 is 15.2 Å². The van der Waals surface area contributed by atoms with Gasteiger partial charge in [-0.1, -0.05) is 18.9 Å². The van der Waals surface area contributed by atoms with E-state index in [1.54, 1.807) is 26.4 Å². The maximum Gasteiger partial charge on any atom is 0.174 e. The van der Waals surface area contributed by atoms with E-state index in [-0.39, 0.29) is 17.7 Å². The average molecular weight is 263 g/mol. The van der Waals surface area contributed by atoms with Crippen molar-refractivity contribution >= 4 is 5.78 Å². The fraction of sp³-hybridized carbons (Fsp3) is 0.533. The number of ketones is 1. The minimum absolute atomic E-state index is 0.0431. The molecule has 2 atom stereocenters. The quantitative estimate of drug-likeness (QED) is 0.847. The lowest BCUT2D eigenvalue weighted by atomic mass is 9.80. The molecule has 2 unspecified atom stereocenters. The number of hydrogen-bond donors (Lipinski definition) is 1. The van der Waals surface area contributed by atoms with Gasteiger partial charge >= 0.3 is 0 Å². The van der Waals surface area contributed by atoms with Crippen molar-refractivity contribution in [2.75, 3.05) is 14.2 Å². The topological polar surface area (TPSA) is 61.5 Å². The van der Waals surface area contributed by atoms with Gasteiger partial charge in [0.1, 0.15) is 17.1 Å². The van der Waals surface area contributed by atoms with Gasteiger partial charge in [0.2, 0.25) is 0 Å². The molecule has 1 fully saturated rings. The van der Waals surface area contributed by atoms with E-state index < -0.39 is 0 Å². The summed E-state index contributed by atoms with van der Waals surface area (Å²) in [5.41, 5.74) is 6.62. The zero-order chi connectivity index (χ0) is 13.8. The predicted octanol–water partition coefficient (Wildman–Crippen LogP) is 2.40. The Morgan fingerprint density at radius 3 is 2.26 bits per heavy atom. The van der Waals surface area contributed by atoms with Crippen molar-refractivity contribution in [2.24, 2.45) is 11.7 Å². The van der Waals surface area contributed by atoms with Gasteiger partial charge in [-0.2, -0.15) is 0 Å². The van der Waals surface area contributed by atoms with Gasteiger partial charge in [0.15, 0.2) is 5.78 Å². The highest BCUT2D eigenvalue weighted by Crippen LogP contribution is 2.34. The van der Waals surface area contributed by atoms with E-state index in [9.17, 15) is 4.79 Å². The third kappa shape index (κ3) is 2.73. The van der Waals surface area contributed by atoms with E-state index in [1.165, 1.54) is 0 Å². The number of benzene rings is 1. The Balaban J connectivity index is 2.36. The number of Topliss-reactive ketones (excluding diaryl/α,β-unsaturated/α-hetero) is 1. The molecule has 1 aliphatic rings. The molecule has 4 nitrogen and oxygen atoms in total. The number of carbonyl (C=O) groups excluding carboxylic acids is 1. The summed E-state index contributed by atoms with van der Waals surface area (Å²) in [4.78, 5) is 12.7. The molecule has 1 aromatic carbocycles. The van der Waals surface area contributed by atoms with Crippen LogP contribution in [0.5, 0.6) is 11.5 Å². The van der Waals surface area contributed by atoms with E-state index in [2.05, 4.69) is 0 Å². The number of nitrogens with two attached hydrogens (primary N) is 1. The van der Waals surface area contributed by atoms with Crippen molar-refractivity contribution in [1.82, 2.24) is 0 Å². The van der Waals surface area contributed by atoms with Crippen molar-refractivity contribution < 1.29 is 14.3 Å². The molecule has 0 radical (unpaired) electrons. The highest BCUT2D eigenvalue weighted by Gasteiger charge is 2.32. The first-order valence-electron chi connectivity index (χ1n) is 6.69. The van der Waals surface area contributed by atoms with Gasteiger partial charge in [0.25, 0.3) is 0 Å².